The van der Waals surface area contributed by atoms with Crippen LogP contribution in [0.25, 0.3) is 0 Å². The number of carbonyl (C=O) groups excluding carboxylic acids is 1. The zero-order valence-electron chi connectivity index (χ0n) is 13.1. The summed E-state index contributed by atoms with van der Waals surface area (Å²) in [6.45, 7) is 17.0. The highest BCUT2D eigenvalue weighted by Crippen LogP contribution is 2.42. The fourth-order valence-electron chi connectivity index (χ4n) is 2.26. The van der Waals surface area contributed by atoms with Crippen molar-refractivity contribution in [1.82, 2.24) is 0 Å². The average molecular weight is 284 g/mol. The van der Waals surface area contributed by atoms with Crippen molar-refractivity contribution < 1.29 is 14.3 Å². The van der Waals surface area contributed by atoms with Crippen LogP contribution in [0.4, 0.5) is 0 Å². The SMILES string of the molecule is C=C1[C@H](C)C[C@](O)(C=O)C[C@H]1O[Si](C)(C)C(C)(C)C. The number of rotatable bonds is 3. The van der Waals surface area contributed by atoms with Gasteiger partial charge in [-0.05, 0) is 36.0 Å². The van der Waals surface area contributed by atoms with Crippen molar-refractivity contribution in [3.63, 3.8) is 0 Å². The van der Waals surface area contributed by atoms with E-state index in [9.17, 15) is 9.90 Å². The lowest BCUT2D eigenvalue weighted by Crippen LogP contribution is -2.50. The maximum Gasteiger partial charge on any atom is 0.192 e. The van der Waals surface area contributed by atoms with Gasteiger partial charge < -0.3 is 14.3 Å². The summed E-state index contributed by atoms with van der Waals surface area (Å²) in [6, 6.07) is 0. The van der Waals surface area contributed by atoms with Crippen LogP contribution < -0.4 is 0 Å². The van der Waals surface area contributed by atoms with Crippen LogP contribution in [0.5, 0.6) is 0 Å². The second-order valence-electron chi connectivity index (χ2n) is 7.47. The standard InChI is InChI=1S/C15H28O3Si/c1-11-8-15(17,10-16)9-13(12(11)2)18-19(6,7)14(3,4)5/h10-11,13,17H,2,8-9H2,1,3-7H3/t11-,13-,15-/m1/s1. The van der Waals surface area contributed by atoms with Gasteiger partial charge in [-0.3, -0.25) is 0 Å². The molecule has 1 rings (SSSR count). The first-order valence-corrected chi connectivity index (χ1v) is 9.88. The van der Waals surface area contributed by atoms with E-state index in [1.165, 1.54) is 0 Å². The number of hydrogen-bond acceptors (Lipinski definition) is 3. The van der Waals surface area contributed by atoms with Gasteiger partial charge in [-0.1, -0.05) is 34.3 Å². The Morgan fingerprint density at radius 2 is 1.95 bits per heavy atom. The molecule has 0 heterocycles. The molecule has 3 atom stereocenters. The van der Waals surface area contributed by atoms with E-state index < -0.39 is 13.9 Å². The summed E-state index contributed by atoms with van der Waals surface area (Å²) in [6.07, 6.45) is 1.25. The van der Waals surface area contributed by atoms with Crippen LogP contribution >= 0.6 is 0 Å². The van der Waals surface area contributed by atoms with E-state index in [0.717, 1.165) is 5.57 Å². The van der Waals surface area contributed by atoms with Gasteiger partial charge in [0, 0.05) is 6.42 Å². The normalized spacial score (nSPS) is 33.3. The first kappa shape index (κ1) is 16.6. The molecule has 3 nitrogen and oxygen atoms in total. The lowest BCUT2D eigenvalue weighted by Gasteiger charge is -2.45. The molecule has 0 amide bonds. The Bertz CT molecular complexity index is 370. The van der Waals surface area contributed by atoms with Crippen molar-refractivity contribution in [2.24, 2.45) is 5.92 Å². The fraction of sp³-hybridized carbons (Fsp3) is 0.800. The van der Waals surface area contributed by atoms with E-state index in [2.05, 4.69) is 40.4 Å². The van der Waals surface area contributed by atoms with Crippen LogP contribution in [0, 0.1) is 5.92 Å². The highest BCUT2D eigenvalue weighted by atomic mass is 28.4. The summed E-state index contributed by atoms with van der Waals surface area (Å²) in [4.78, 5) is 11.1. The van der Waals surface area contributed by atoms with Crippen LogP contribution in [0.2, 0.25) is 18.1 Å². The van der Waals surface area contributed by atoms with Crippen molar-refractivity contribution >= 4 is 14.6 Å². The molecule has 1 aliphatic carbocycles. The van der Waals surface area contributed by atoms with E-state index in [-0.39, 0.29) is 17.1 Å². The Kier molecular flexibility index (Phi) is 4.50. The van der Waals surface area contributed by atoms with Crippen molar-refractivity contribution in [3.8, 4) is 0 Å². The maximum absolute atomic E-state index is 11.1. The summed E-state index contributed by atoms with van der Waals surface area (Å²) in [5, 5.41) is 10.4. The van der Waals surface area contributed by atoms with E-state index >= 15 is 0 Å². The zero-order chi connectivity index (χ0) is 15.1. The lowest BCUT2D eigenvalue weighted by molar-refractivity contribution is -0.130. The molecular formula is C15H28O3Si. The third kappa shape index (κ3) is 3.55. The van der Waals surface area contributed by atoms with Crippen LogP contribution in [-0.2, 0) is 9.22 Å². The van der Waals surface area contributed by atoms with Gasteiger partial charge in [0.2, 0.25) is 0 Å². The second-order valence-corrected chi connectivity index (χ2v) is 12.2. The number of hydrogen-bond donors (Lipinski definition) is 1. The molecule has 1 fully saturated rings. The van der Waals surface area contributed by atoms with Crippen molar-refractivity contribution in [2.75, 3.05) is 0 Å². The van der Waals surface area contributed by atoms with E-state index in [1.54, 1.807) is 0 Å². The van der Waals surface area contributed by atoms with E-state index in [1.807, 2.05) is 6.92 Å². The van der Waals surface area contributed by atoms with Gasteiger partial charge in [0.15, 0.2) is 14.6 Å². The minimum atomic E-state index is -1.93. The molecule has 1 N–H and O–H groups in total. The van der Waals surface area contributed by atoms with Crippen LogP contribution in [0.15, 0.2) is 12.2 Å². The van der Waals surface area contributed by atoms with Gasteiger partial charge in [-0.2, -0.15) is 0 Å². The molecule has 1 saturated carbocycles. The second kappa shape index (κ2) is 5.15. The van der Waals surface area contributed by atoms with Crippen molar-refractivity contribution in [3.05, 3.63) is 12.2 Å². The number of carbonyl (C=O) groups is 1. The Balaban J connectivity index is 2.93. The van der Waals surface area contributed by atoms with Gasteiger partial charge in [-0.15, -0.1) is 0 Å². The van der Waals surface area contributed by atoms with Crippen LogP contribution in [0.1, 0.15) is 40.5 Å². The third-order valence-electron chi connectivity index (χ3n) is 4.71. The highest BCUT2D eigenvalue weighted by molar-refractivity contribution is 6.74. The minimum Gasteiger partial charge on any atom is -0.410 e. The molecule has 0 aromatic carbocycles. The first-order chi connectivity index (χ1) is 8.42. The van der Waals surface area contributed by atoms with Crippen LogP contribution in [0.3, 0.4) is 0 Å². The molecule has 0 spiro atoms. The molecule has 0 bridgehead atoms. The molecule has 1 aliphatic rings. The molecule has 0 aliphatic heterocycles. The summed E-state index contributed by atoms with van der Waals surface area (Å²) in [5.74, 6) is 0.110. The van der Waals surface area contributed by atoms with Gasteiger partial charge in [-0.25, -0.2) is 0 Å². The summed E-state index contributed by atoms with van der Waals surface area (Å²) in [5.41, 5.74) is -0.246. The third-order valence-corrected chi connectivity index (χ3v) is 9.19. The molecule has 19 heavy (non-hydrogen) atoms. The summed E-state index contributed by atoms with van der Waals surface area (Å²) in [7, 11) is -1.93. The Morgan fingerprint density at radius 1 is 1.42 bits per heavy atom. The summed E-state index contributed by atoms with van der Waals surface area (Å²) >= 11 is 0. The predicted octanol–water partition coefficient (Wildman–Crippen LogP) is 3.29. The molecule has 0 aromatic rings. The molecule has 110 valence electrons. The number of aliphatic hydroxyl groups is 1. The topological polar surface area (TPSA) is 46.5 Å². The van der Waals surface area contributed by atoms with Gasteiger partial charge in [0.1, 0.15) is 5.60 Å². The van der Waals surface area contributed by atoms with Gasteiger partial charge in [0.25, 0.3) is 0 Å². The van der Waals surface area contributed by atoms with Crippen molar-refractivity contribution in [1.29, 1.82) is 0 Å². The van der Waals surface area contributed by atoms with Gasteiger partial charge in [0.05, 0.1) is 6.10 Å². The number of aldehydes is 1. The quantitative estimate of drug-likeness (QED) is 0.491. The summed E-state index contributed by atoms with van der Waals surface area (Å²) < 4.78 is 6.34. The monoisotopic (exact) mass is 284 g/mol. The molecular weight excluding hydrogens is 256 g/mol. The molecule has 0 aromatic heterocycles. The Morgan fingerprint density at radius 3 is 2.37 bits per heavy atom. The van der Waals surface area contributed by atoms with Crippen LogP contribution in [-0.4, -0.2) is 31.4 Å². The smallest absolute Gasteiger partial charge is 0.192 e. The Hall–Kier alpha value is -0.453. The molecule has 0 unspecified atom stereocenters. The van der Waals surface area contributed by atoms with Gasteiger partial charge >= 0.3 is 0 Å². The minimum absolute atomic E-state index is 0.104. The molecule has 0 saturated heterocycles. The van der Waals surface area contributed by atoms with E-state index in [4.69, 9.17) is 4.43 Å². The highest BCUT2D eigenvalue weighted by Gasteiger charge is 2.45. The lowest BCUT2D eigenvalue weighted by atomic mass is 9.75. The fourth-order valence-corrected chi connectivity index (χ4v) is 3.56. The largest absolute Gasteiger partial charge is 0.410 e. The average Bonchev–Trinajstić information content (AvgIpc) is 2.23. The zero-order valence-corrected chi connectivity index (χ0v) is 14.1. The van der Waals surface area contributed by atoms with E-state index in [0.29, 0.717) is 19.1 Å². The predicted molar refractivity (Wildman–Crippen MR) is 80.6 cm³/mol. The van der Waals surface area contributed by atoms with Crippen molar-refractivity contribution in [2.45, 2.75) is 70.4 Å². The Labute approximate surface area is 118 Å². The maximum atomic E-state index is 11.1. The molecule has 4 heteroatoms. The molecule has 0 radical (unpaired) electrons. The first-order valence-electron chi connectivity index (χ1n) is 6.97.